The second-order valence-corrected chi connectivity index (χ2v) is 15.1. The largest absolute Gasteiger partial charge is 0.238 e. The van der Waals surface area contributed by atoms with Gasteiger partial charge in [0.15, 0.2) is 0 Å². The van der Waals surface area contributed by atoms with Crippen LogP contribution in [0.3, 0.4) is 0 Å². The minimum Gasteiger partial charge on any atom is -0.238 e. The van der Waals surface area contributed by atoms with Crippen LogP contribution in [0, 0.1) is 0 Å². The molecule has 0 fully saturated rings. The molecule has 10 heavy (non-hydrogen) atoms. The van der Waals surface area contributed by atoms with Crippen LogP contribution in [0.2, 0.25) is 0 Å². The molecule has 0 heterocycles. The maximum absolute atomic E-state index is 8.15. The molecular weight excluding hydrogens is 289 g/mol. The van der Waals surface area contributed by atoms with Gasteiger partial charge in [-0.15, -0.1) is 4.33 Å². The van der Waals surface area contributed by atoms with Crippen LogP contribution in [0.15, 0.2) is 0 Å². The summed E-state index contributed by atoms with van der Waals surface area (Å²) in [6.07, 6.45) is 0. The third kappa shape index (κ3) is 7.13. The molecule has 0 aromatic carbocycles. The van der Waals surface area contributed by atoms with Gasteiger partial charge < -0.3 is 0 Å². The summed E-state index contributed by atoms with van der Waals surface area (Å²) in [7, 11) is 5.20. The van der Waals surface area contributed by atoms with E-state index in [0.717, 1.165) is 9.83 Å². The Kier molecular flexibility index (Phi) is 8.62. The maximum atomic E-state index is 8.15. The molecule has 0 saturated carbocycles. The third-order valence-electron chi connectivity index (χ3n) is 0.261. The van der Waals surface area contributed by atoms with Crippen LogP contribution >= 0.6 is 51.0 Å². The topological polar surface area (TPSA) is 29.5 Å². The third-order valence-corrected chi connectivity index (χ3v) is 13.0. The quantitative estimate of drug-likeness (QED) is 0.263. The predicted octanol–water partition coefficient (Wildman–Crippen LogP) is 2.91. The minimum absolute atomic E-state index is 1.15. The van der Waals surface area contributed by atoms with Crippen LogP contribution in [-0.2, 0) is 33.2 Å². The van der Waals surface area contributed by atoms with Crippen molar-refractivity contribution in [1.82, 2.24) is 0 Å². The van der Waals surface area contributed by atoms with Crippen molar-refractivity contribution in [1.29, 1.82) is 0 Å². The Hall–Kier alpha value is 2.46. The Morgan fingerprint density at radius 3 is 2.40 bits per heavy atom. The van der Waals surface area contributed by atoms with Crippen molar-refractivity contribution in [2.24, 2.45) is 0 Å². The monoisotopic (exact) mass is 290 g/mol. The van der Waals surface area contributed by atoms with E-state index in [1.807, 2.05) is 0 Å². The van der Waals surface area contributed by atoms with Gasteiger partial charge in [0.25, 0.3) is 0 Å². The van der Waals surface area contributed by atoms with Gasteiger partial charge in [0.05, 0.1) is 0 Å². The molecular formula is H2O2S8. The van der Waals surface area contributed by atoms with Crippen LogP contribution in [0.1, 0.15) is 0 Å². The average molecular weight is 291 g/mol. The van der Waals surface area contributed by atoms with E-state index in [2.05, 4.69) is 38.4 Å². The first-order valence-corrected chi connectivity index (χ1v) is 11.3. The van der Waals surface area contributed by atoms with Gasteiger partial charge in [-0.3, -0.25) is 0 Å². The lowest BCUT2D eigenvalue weighted by atomic mass is 15.0. The fraction of sp³-hybridized carbons (Fsp3) is 0. The van der Waals surface area contributed by atoms with Crippen molar-refractivity contribution in [3.05, 3.63) is 0 Å². The van der Waals surface area contributed by atoms with E-state index in [-0.39, 0.29) is 0 Å². The first-order valence-electron chi connectivity index (χ1n) is 1.53. The van der Waals surface area contributed by atoms with E-state index in [4.69, 9.17) is 5.26 Å². The van der Waals surface area contributed by atoms with Crippen molar-refractivity contribution in [2.45, 2.75) is 0 Å². The lowest BCUT2D eigenvalue weighted by molar-refractivity contribution is -0.117. The summed E-state index contributed by atoms with van der Waals surface area (Å²) in [6.45, 7) is -2.16. The van der Waals surface area contributed by atoms with Gasteiger partial charge in [0.2, 0.25) is 0 Å². The molecule has 0 aliphatic carbocycles. The SMILES string of the molecule is OOS(=S)(=S)SSSSS. The van der Waals surface area contributed by atoms with Gasteiger partial charge in [0.1, 0.15) is 6.46 Å². The summed E-state index contributed by atoms with van der Waals surface area (Å²) < 4.78 is 3.89. The molecule has 0 saturated heterocycles. The van der Waals surface area contributed by atoms with Gasteiger partial charge in [0, 0.05) is 19.7 Å². The zero-order valence-corrected chi connectivity index (χ0v) is 10.8. The number of hydrogen-bond acceptors (Lipinski definition) is 9. The second-order valence-electron chi connectivity index (χ2n) is 0.761. The highest BCUT2D eigenvalue weighted by Crippen LogP contribution is 2.47. The van der Waals surface area contributed by atoms with Gasteiger partial charge in [-0.05, 0) is 42.0 Å². The molecule has 10 heteroatoms. The highest BCUT2D eigenvalue weighted by Gasteiger charge is 2.02. The van der Waals surface area contributed by atoms with E-state index in [1.54, 1.807) is 0 Å². The zero-order chi connectivity index (χ0) is 8.04. The Morgan fingerprint density at radius 2 is 2.00 bits per heavy atom. The highest BCUT2D eigenvalue weighted by atomic mass is 33.9. The molecule has 1 N–H and O–H groups in total. The molecule has 0 bridgehead atoms. The van der Waals surface area contributed by atoms with E-state index >= 15 is 0 Å². The molecule has 0 atom stereocenters. The van der Waals surface area contributed by atoms with Crippen LogP contribution in [0.25, 0.3) is 0 Å². The molecule has 0 amide bonds. The number of thiol groups is 1. The molecule has 0 aliphatic heterocycles. The lowest BCUT2D eigenvalue weighted by Crippen LogP contribution is -1.88. The summed E-state index contributed by atoms with van der Waals surface area (Å²) in [5.41, 5.74) is 0. The van der Waals surface area contributed by atoms with Crippen molar-refractivity contribution in [2.75, 3.05) is 0 Å². The van der Waals surface area contributed by atoms with E-state index in [1.165, 1.54) is 29.5 Å². The first kappa shape index (κ1) is 12.5. The fourth-order valence-corrected chi connectivity index (χ4v) is 12.5. The smallest absolute Gasteiger partial charge is 0.115 e. The number of rotatable bonds is 5. The molecule has 0 aliphatic rings. The lowest BCUT2D eigenvalue weighted by Gasteiger charge is -2.00. The fourth-order valence-electron chi connectivity index (χ4n) is 0.0702. The van der Waals surface area contributed by atoms with Gasteiger partial charge >= 0.3 is 0 Å². The molecule has 0 radical (unpaired) electrons. The van der Waals surface area contributed by atoms with Crippen molar-refractivity contribution in [3.8, 4) is 0 Å². The summed E-state index contributed by atoms with van der Waals surface area (Å²) in [5.74, 6) is 0. The molecule has 2 nitrogen and oxygen atoms in total. The highest BCUT2D eigenvalue weighted by molar-refractivity contribution is 9.42. The molecule has 0 spiro atoms. The maximum Gasteiger partial charge on any atom is 0.115 e. The Labute approximate surface area is 88.3 Å². The van der Waals surface area contributed by atoms with Crippen molar-refractivity contribution in [3.63, 3.8) is 0 Å². The Balaban J connectivity index is 3.49. The summed E-state index contributed by atoms with van der Waals surface area (Å²) >= 11 is 13.2. The van der Waals surface area contributed by atoms with E-state index in [0.29, 0.717) is 0 Å². The van der Waals surface area contributed by atoms with Crippen molar-refractivity contribution < 1.29 is 9.59 Å². The van der Waals surface area contributed by atoms with Gasteiger partial charge in [-0.1, -0.05) is 11.7 Å². The average Bonchev–Trinajstić information content (AvgIpc) is 1.89. The van der Waals surface area contributed by atoms with Gasteiger partial charge in [-0.2, -0.15) is 0 Å². The molecule has 0 rings (SSSR count). The second kappa shape index (κ2) is 6.92. The number of hydrogen-bond donors (Lipinski definition) is 2. The molecule has 62 valence electrons. The standard InChI is InChI=1S/H2O2S8/c1-2-10(4,5)9-8-7-6-3/h1,3H. The van der Waals surface area contributed by atoms with E-state index in [9.17, 15) is 0 Å². The summed E-state index contributed by atoms with van der Waals surface area (Å²) in [6, 6.07) is 0. The van der Waals surface area contributed by atoms with Crippen LogP contribution in [0.5, 0.6) is 0 Å². The first-order chi connectivity index (χ1) is 4.62. The van der Waals surface area contributed by atoms with Crippen LogP contribution in [0.4, 0.5) is 0 Å². The summed E-state index contributed by atoms with van der Waals surface area (Å²) in [5, 5.41) is 8.15. The predicted molar refractivity (Wildman–Crippen MR) is 65.2 cm³/mol. The molecule has 0 unspecified atom stereocenters. The molecule has 0 aromatic heterocycles. The minimum atomic E-state index is -2.16. The Bertz CT molecular complexity index is 154. The van der Waals surface area contributed by atoms with Crippen molar-refractivity contribution >= 4 is 79.8 Å². The van der Waals surface area contributed by atoms with Crippen LogP contribution < -0.4 is 0 Å². The van der Waals surface area contributed by atoms with Crippen LogP contribution in [-0.4, -0.2) is 5.26 Å². The zero-order valence-electron chi connectivity index (χ0n) is 4.16. The Morgan fingerprint density at radius 1 is 1.40 bits per heavy atom. The normalized spacial score (nSPS) is 11.8. The summed E-state index contributed by atoms with van der Waals surface area (Å²) in [4.78, 5) is 0. The van der Waals surface area contributed by atoms with E-state index < -0.39 is 6.46 Å². The van der Waals surface area contributed by atoms with Gasteiger partial charge in [-0.25, -0.2) is 5.26 Å². The molecule has 0 aromatic rings.